The molecule has 0 aromatic carbocycles. The van der Waals surface area contributed by atoms with Crippen molar-refractivity contribution < 1.29 is 37.3 Å². The minimum Gasteiger partial charge on any atom is -0.756 e. The second kappa shape index (κ2) is 51.5. The van der Waals surface area contributed by atoms with Gasteiger partial charge in [-0.3, -0.25) is 14.2 Å². The number of nitrogens with zero attached hydrogens (tertiary/aromatic N) is 1. The highest BCUT2D eigenvalue weighted by Gasteiger charge is 2.27. The van der Waals surface area contributed by atoms with Crippen LogP contribution in [0.25, 0.3) is 0 Å². The Morgan fingerprint density at radius 1 is 0.493 bits per heavy atom. The Labute approximate surface area is 439 Å². The summed E-state index contributed by atoms with van der Waals surface area (Å²) in [7, 11) is 1.18. The molecule has 0 fully saturated rings. The highest BCUT2D eigenvalue weighted by Crippen LogP contribution is 2.38. The normalized spacial score (nSPS) is 14.1. The van der Waals surface area contributed by atoms with Crippen LogP contribution in [0.2, 0.25) is 0 Å². The molecule has 0 bridgehead atoms. The van der Waals surface area contributed by atoms with Crippen LogP contribution < -0.4 is 10.2 Å². The van der Waals surface area contributed by atoms with Crippen molar-refractivity contribution in [3.63, 3.8) is 0 Å². The third-order valence-corrected chi connectivity index (χ3v) is 14.2. The molecule has 0 rings (SSSR count). The van der Waals surface area contributed by atoms with Gasteiger partial charge in [0.05, 0.1) is 33.8 Å². The predicted molar refractivity (Wildman–Crippen MR) is 302 cm³/mol. The van der Waals surface area contributed by atoms with E-state index in [4.69, 9.17) is 13.8 Å². The number of rotatable bonds is 54. The van der Waals surface area contributed by atoms with Crippen LogP contribution in [0.15, 0.2) is 48.6 Å². The SMILES string of the molecule is CCCCC/C=C\C/C=C\CCCCCCCCCCCC(=O)NC(COP(=O)([O-])OCC[N+](C)(C)C)C(/C=C\CCCCCCCCCCCCC)OC(=O)CCCCC/C=C\CCCCCCCC. The van der Waals surface area contributed by atoms with E-state index in [0.29, 0.717) is 23.9 Å². The average Bonchev–Trinajstić information content (AvgIpc) is 3.33. The zero-order valence-corrected chi connectivity index (χ0v) is 48.3. The molecule has 0 radical (unpaired) electrons. The number of amides is 1. The van der Waals surface area contributed by atoms with Crippen molar-refractivity contribution in [3.8, 4) is 0 Å². The van der Waals surface area contributed by atoms with E-state index in [0.717, 1.165) is 83.5 Å². The van der Waals surface area contributed by atoms with Crippen LogP contribution in [0, 0.1) is 0 Å². The number of hydrogen-bond donors (Lipinski definition) is 1. The molecule has 9 nitrogen and oxygen atoms in total. The number of phosphoric ester groups is 1. The third-order valence-electron chi connectivity index (χ3n) is 13.2. The fraction of sp³-hybridized carbons (Fsp3) is 0.836. The van der Waals surface area contributed by atoms with Crippen molar-refractivity contribution in [3.05, 3.63) is 48.6 Å². The van der Waals surface area contributed by atoms with Crippen LogP contribution in [0.5, 0.6) is 0 Å². The zero-order valence-electron chi connectivity index (χ0n) is 47.4. The average molecular weight is 1020 g/mol. The van der Waals surface area contributed by atoms with E-state index in [1.165, 1.54) is 154 Å². The number of quaternary nitrogens is 1. The molecule has 0 saturated carbocycles. The summed E-state index contributed by atoms with van der Waals surface area (Å²) >= 11 is 0. The Morgan fingerprint density at radius 3 is 1.32 bits per heavy atom. The van der Waals surface area contributed by atoms with Gasteiger partial charge in [-0.05, 0) is 89.5 Å². The molecule has 0 aromatic rings. The summed E-state index contributed by atoms with van der Waals surface area (Å²) in [5.41, 5.74) is 0. The number of esters is 1. The maximum atomic E-state index is 13.5. The van der Waals surface area contributed by atoms with Crippen LogP contribution in [0.1, 0.15) is 278 Å². The van der Waals surface area contributed by atoms with Gasteiger partial charge in [0.1, 0.15) is 19.3 Å². The highest BCUT2D eigenvalue weighted by molar-refractivity contribution is 7.45. The standard InChI is InChI=1S/C61H115N2O7P/c1-7-10-13-16-19-22-25-28-29-30-31-32-33-36-38-41-44-47-50-53-60(64)62-58(57-69-71(66,67)68-56-55-63(4,5)6)59(52-49-46-43-40-37-34-26-23-20-17-14-11-8-2)70-61(65)54-51-48-45-42-39-35-27-24-21-18-15-12-9-3/h19,22,28-29,35,39,49,52,58-59H,7-18,20-21,23-27,30-34,36-38,40-48,50-51,53-57H2,1-6H3,(H-,62,64,66,67)/b22-19-,29-28-,39-35-,52-49-. The molecule has 3 unspecified atom stereocenters. The van der Waals surface area contributed by atoms with Crippen LogP contribution in [0.3, 0.4) is 0 Å². The van der Waals surface area contributed by atoms with E-state index < -0.39 is 26.6 Å². The maximum Gasteiger partial charge on any atom is 0.306 e. The first-order chi connectivity index (χ1) is 34.4. The fourth-order valence-electron chi connectivity index (χ4n) is 8.55. The molecule has 0 aliphatic carbocycles. The first-order valence-corrected chi connectivity index (χ1v) is 31.4. The molecule has 3 atom stereocenters. The topological polar surface area (TPSA) is 114 Å². The van der Waals surface area contributed by atoms with Gasteiger partial charge < -0.3 is 28.5 Å². The fourth-order valence-corrected chi connectivity index (χ4v) is 9.27. The molecule has 0 aliphatic rings. The summed E-state index contributed by atoms with van der Waals surface area (Å²) in [4.78, 5) is 39.9. The van der Waals surface area contributed by atoms with Crippen LogP contribution in [0.4, 0.5) is 0 Å². The molecular weight excluding hydrogens is 904 g/mol. The Morgan fingerprint density at radius 2 is 0.859 bits per heavy atom. The number of allylic oxidation sites excluding steroid dienone is 7. The smallest absolute Gasteiger partial charge is 0.306 e. The number of phosphoric acid groups is 1. The van der Waals surface area contributed by atoms with Crippen molar-refractivity contribution in [1.29, 1.82) is 0 Å². The third kappa shape index (κ3) is 52.6. The molecule has 0 heterocycles. The minimum absolute atomic E-state index is 0.0251. The van der Waals surface area contributed by atoms with E-state index in [2.05, 4.69) is 62.5 Å². The number of hydrogen-bond acceptors (Lipinski definition) is 7. The Hall–Kier alpha value is -2.03. The molecule has 1 amide bonds. The molecule has 0 spiro atoms. The van der Waals surface area contributed by atoms with Crippen molar-refractivity contribution in [2.24, 2.45) is 0 Å². The first kappa shape index (κ1) is 69.0. The number of carbonyl (C=O) groups excluding carboxylic acids is 2. The lowest BCUT2D eigenvalue weighted by Gasteiger charge is -2.30. The van der Waals surface area contributed by atoms with Gasteiger partial charge in [0.2, 0.25) is 5.91 Å². The quantitative estimate of drug-likeness (QED) is 0.0212. The Kier molecular flexibility index (Phi) is 50.0. The summed E-state index contributed by atoms with van der Waals surface area (Å²) in [6.07, 6.45) is 62.1. The number of unbranched alkanes of at least 4 members (excludes halogenated alkanes) is 32. The zero-order chi connectivity index (χ0) is 52.2. The van der Waals surface area contributed by atoms with Crippen molar-refractivity contribution in [2.75, 3.05) is 40.9 Å². The largest absolute Gasteiger partial charge is 0.756 e. The van der Waals surface area contributed by atoms with Gasteiger partial charge in [0.15, 0.2) is 0 Å². The van der Waals surface area contributed by atoms with Gasteiger partial charge in [0, 0.05) is 12.8 Å². The summed E-state index contributed by atoms with van der Waals surface area (Å²) in [5.74, 6) is -0.559. The molecule has 0 aromatic heterocycles. The van der Waals surface area contributed by atoms with E-state index in [9.17, 15) is 19.0 Å². The minimum atomic E-state index is -4.70. The summed E-state index contributed by atoms with van der Waals surface area (Å²) in [6.45, 7) is 6.81. The summed E-state index contributed by atoms with van der Waals surface area (Å²) < 4.78 is 30.3. The number of carbonyl (C=O) groups is 2. The summed E-state index contributed by atoms with van der Waals surface area (Å²) in [5, 5.41) is 3.02. The molecule has 71 heavy (non-hydrogen) atoms. The second-order valence-corrected chi connectivity index (χ2v) is 22.9. The summed E-state index contributed by atoms with van der Waals surface area (Å²) in [6, 6.07) is -0.895. The van der Waals surface area contributed by atoms with Gasteiger partial charge in [-0.15, -0.1) is 0 Å². The van der Waals surface area contributed by atoms with Gasteiger partial charge in [0.25, 0.3) is 7.82 Å². The van der Waals surface area contributed by atoms with Crippen LogP contribution in [-0.4, -0.2) is 69.4 Å². The Balaban J connectivity index is 5.31. The van der Waals surface area contributed by atoms with Crippen molar-refractivity contribution >= 4 is 19.7 Å². The lowest BCUT2D eigenvalue weighted by atomic mass is 10.0. The van der Waals surface area contributed by atoms with E-state index in [1.54, 1.807) is 0 Å². The van der Waals surface area contributed by atoms with Crippen molar-refractivity contribution in [2.45, 2.75) is 290 Å². The molecule has 1 N–H and O–H groups in total. The molecular formula is C61H115N2O7P. The number of likely N-dealkylation sites (N-methyl/N-ethyl adjacent to an activating group) is 1. The predicted octanol–water partition coefficient (Wildman–Crippen LogP) is 17.5. The van der Waals surface area contributed by atoms with Crippen LogP contribution >= 0.6 is 7.82 Å². The van der Waals surface area contributed by atoms with Crippen LogP contribution in [-0.2, 0) is 27.9 Å². The Bertz CT molecular complexity index is 1360. The lowest BCUT2D eigenvalue weighted by molar-refractivity contribution is -0.870. The molecule has 0 aliphatic heterocycles. The monoisotopic (exact) mass is 1020 g/mol. The van der Waals surface area contributed by atoms with Gasteiger partial charge in [-0.1, -0.05) is 224 Å². The van der Waals surface area contributed by atoms with Gasteiger partial charge >= 0.3 is 5.97 Å². The molecule has 0 saturated heterocycles. The van der Waals surface area contributed by atoms with E-state index >= 15 is 0 Å². The molecule has 10 heteroatoms. The van der Waals surface area contributed by atoms with Gasteiger partial charge in [-0.2, -0.15) is 0 Å². The van der Waals surface area contributed by atoms with E-state index in [1.807, 2.05) is 33.3 Å². The lowest BCUT2D eigenvalue weighted by Crippen LogP contribution is -2.47. The first-order valence-electron chi connectivity index (χ1n) is 29.9. The maximum absolute atomic E-state index is 13.5. The number of nitrogens with one attached hydrogen (secondary N) is 1. The van der Waals surface area contributed by atoms with Crippen molar-refractivity contribution in [1.82, 2.24) is 5.32 Å². The van der Waals surface area contributed by atoms with Gasteiger partial charge in [-0.25, -0.2) is 0 Å². The van der Waals surface area contributed by atoms with E-state index in [-0.39, 0.29) is 24.9 Å². The number of ether oxygens (including phenoxy) is 1. The highest BCUT2D eigenvalue weighted by atomic mass is 31.2. The molecule has 416 valence electrons. The second-order valence-electron chi connectivity index (χ2n) is 21.5.